The van der Waals surface area contributed by atoms with Crippen LogP contribution >= 0.6 is 0 Å². The summed E-state index contributed by atoms with van der Waals surface area (Å²) in [5.74, 6) is 2.03. The molecule has 1 saturated heterocycles. The number of urea groups is 1. The van der Waals surface area contributed by atoms with Gasteiger partial charge in [0, 0.05) is 31.3 Å². The molecule has 0 radical (unpaired) electrons. The number of amides is 2. The highest BCUT2D eigenvalue weighted by Gasteiger charge is 2.33. The van der Waals surface area contributed by atoms with Gasteiger partial charge in [-0.05, 0) is 39.0 Å². The monoisotopic (exact) mass is 343 g/mol. The largest absolute Gasteiger partial charge is 0.331 e. The molecule has 4 rings (SSSR count). The molecule has 2 aliphatic heterocycles. The van der Waals surface area contributed by atoms with Crippen LogP contribution in [-0.4, -0.2) is 42.4 Å². The first-order valence-corrected chi connectivity index (χ1v) is 9.22. The van der Waals surface area contributed by atoms with Gasteiger partial charge in [0.2, 0.25) is 0 Å². The molecule has 2 aromatic rings. The van der Waals surface area contributed by atoms with E-state index in [0.29, 0.717) is 0 Å². The maximum Gasteiger partial charge on any atom is 0.318 e. The van der Waals surface area contributed by atoms with E-state index >= 15 is 0 Å². The summed E-state index contributed by atoms with van der Waals surface area (Å²) >= 11 is 0. The smallest absolute Gasteiger partial charge is 0.318 e. The van der Waals surface area contributed by atoms with Crippen LogP contribution in [0, 0.1) is 0 Å². The first-order chi connectivity index (χ1) is 12.2. The van der Waals surface area contributed by atoms with Crippen LogP contribution in [0.15, 0.2) is 12.4 Å². The van der Waals surface area contributed by atoms with Crippen LogP contribution in [0.1, 0.15) is 68.3 Å². The van der Waals surface area contributed by atoms with Crippen molar-refractivity contribution in [3.63, 3.8) is 0 Å². The standard InChI is InChI=1S/C17H25N7O/c1-12(13-10-18-19-11-13)20-17(25)23-8-4-2-6-14(23)16-22-21-15-7-3-5-9-24(15)16/h10-12,14H,2-9H2,1H3,(H,18,19)(H,20,25). The Labute approximate surface area is 147 Å². The molecule has 0 spiro atoms. The minimum absolute atomic E-state index is 0.0182. The number of aromatic nitrogens is 5. The van der Waals surface area contributed by atoms with Crippen molar-refractivity contribution in [1.29, 1.82) is 0 Å². The zero-order valence-electron chi connectivity index (χ0n) is 14.6. The minimum atomic E-state index is -0.0823. The Kier molecular flexibility index (Phi) is 4.42. The molecule has 25 heavy (non-hydrogen) atoms. The molecule has 2 atom stereocenters. The molecule has 8 nitrogen and oxygen atoms in total. The summed E-state index contributed by atoms with van der Waals surface area (Å²) in [4.78, 5) is 14.8. The molecule has 134 valence electrons. The summed E-state index contributed by atoms with van der Waals surface area (Å²) in [5.41, 5.74) is 0.974. The van der Waals surface area contributed by atoms with Gasteiger partial charge in [0.15, 0.2) is 5.82 Å². The van der Waals surface area contributed by atoms with Crippen molar-refractivity contribution in [2.75, 3.05) is 6.54 Å². The minimum Gasteiger partial charge on any atom is -0.331 e. The number of aryl methyl sites for hydroxylation is 1. The average Bonchev–Trinajstić information content (AvgIpc) is 3.31. The average molecular weight is 343 g/mol. The number of rotatable bonds is 3. The summed E-state index contributed by atoms with van der Waals surface area (Å²) in [5, 5.41) is 18.7. The van der Waals surface area contributed by atoms with Crippen molar-refractivity contribution in [1.82, 2.24) is 35.2 Å². The van der Waals surface area contributed by atoms with Crippen LogP contribution in [0.2, 0.25) is 0 Å². The number of piperidine rings is 1. The first-order valence-electron chi connectivity index (χ1n) is 9.22. The number of carbonyl (C=O) groups is 1. The summed E-state index contributed by atoms with van der Waals surface area (Å²) in [7, 11) is 0. The molecular weight excluding hydrogens is 318 g/mol. The highest BCUT2D eigenvalue weighted by atomic mass is 16.2. The third-order valence-corrected chi connectivity index (χ3v) is 5.31. The second kappa shape index (κ2) is 6.85. The summed E-state index contributed by atoms with van der Waals surface area (Å²) < 4.78 is 2.24. The molecule has 2 unspecified atom stereocenters. The fourth-order valence-electron chi connectivity index (χ4n) is 3.87. The quantitative estimate of drug-likeness (QED) is 0.895. The van der Waals surface area contributed by atoms with Gasteiger partial charge in [-0.25, -0.2) is 4.79 Å². The maximum atomic E-state index is 12.9. The lowest BCUT2D eigenvalue weighted by Gasteiger charge is -2.36. The lowest BCUT2D eigenvalue weighted by molar-refractivity contribution is 0.142. The number of nitrogens with one attached hydrogen (secondary N) is 2. The molecule has 8 heteroatoms. The molecule has 0 saturated carbocycles. The Morgan fingerprint density at radius 1 is 1.28 bits per heavy atom. The fourth-order valence-corrected chi connectivity index (χ4v) is 3.87. The van der Waals surface area contributed by atoms with Crippen molar-refractivity contribution in [3.05, 3.63) is 29.6 Å². The number of aromatic amines is 1. The third kappa shape index (κ3) is 3.12. The molecule has 0 bridgehead atoms. The van der Waals surface area contributed by atoms with Crippen molar-refractivity contribution < 1.29 is 4.79 Å². The summed E-state index contributed by atoms with van der Waals surface area (Å²) in [6.07, 6.45) is 9.98. The maximum absolute atomic E-state index is 12.9. The van der Waals surface area contributed by atoms with Gasteiger partial charge in [0.1, 0.15) is 5.82 Å². The Morgan fingerprint density at radius 3 is 3.00 bits per heavy atom. The number of nitrogens with zero attached hydrogens (tertiary/aromatic N) is 5. The van der Waals surface area contributed by atoms with Gasteiger partial charge < -0.3 is 14.8 Å². The number of H-pyrrole nitrogens is 1. The van der Waals surface area contributed by atoms with Crippen molar-refractivity contribution in [3.8, 4) is 0 Å². The lowest BCUT2D eigenvalue weighted by Crippen LogP contribution is -2.46. The predicted octanol–water partition coefficient (Wildman–Crippen LogP) is 2.34. The molecule has 2 amide bonds. The zero-order chi connectivity index (χ0) is 17.2. The van der Waals surface area contributed by atoms with E-state index in [0.717, 1.165) is 62.4 Å². The number of fused-ring (bicyclic) bond motifs is 1. The Bertz CT molecular complexity index is 723. The second-order valence-electron chi connectivity index (χ2n) is 6.99. The molecule has 2 N–H and O–H groups in total. The van der Waals surface area contributed by atoms with Gasteiger partial charge in [-0.1, -0.05) is 0 Å². The number of likely N-dealkylation sites (tertiary alicyclic amines) is 1. The SMILES string of the molecule is CC(NC(=O)N1CCCCC1c1nnc2n1CCCC2)c1cn[nH]c1. The van der Waals surface area contributed by atoms with Gasteiger partial charge in [-0.2, -0.15) is 5.10 Å². The van der Waals surface area contributed by atoms with E-state index in [9.17, 15) is 4.79 Å². The summed E-state index contributed by atoms with van der Waals surface area (Å²) in [6.45, 7) is 3.70. The molecule has 2 aromatic heterocycles. The first kappa shape index (κ1) is 16.1. The van der Waals surface area contributed by atoms with Crippen LogP contribution in [0.3, 0.4) is 0 Å². The Morgan fingerprint density at radius 2 is 2.16 bits per heavy atom. The lowest BCUT2D eigenvalue weighted by atomic mass is 10.0. The molecule has 2 aliphatic rings. The van der Waals surface area contributed by atoms with Gasteiger partial charge >= 0.3 is 6.03 Å². The van der Waals surface area contributed by atoms with Crippen molar-refractivity contribution in [2.24, 2.45) is 0 Å². The molecule has 1 fully saturated rings. The van der Waals surface area contributed by atoms with Crippen LogP contribution in [-0.2, 0) is 13.0 Å². The zero-order valence-corrected chi connectivity index (χ0v) is 14.6. The van der Waals surface area contributed by atoms with Crippen molar-refractivity contribution in [2.45, 2.75) is 64.1 Å². The molecular formula is C17H25N7O. The third-order valence-electron chi connectivity index (χ3n) is 5.31. The second-order valence-corrected chi connectivity index (χ2v) is 6.99. The van der Waals surface area contributed by atoms with E-state index in [1.54, 1.807) is 6.20 Å². The van der Waals surface area contributed by atoms with Crippen LogP contribution in [0.4, 0.5) is 4.79 Å². The normalized spacial score (nSPS) is 21.6. The van der Waals surface area contributed by atoms with E-state index in [-0.39, 0.29) is 18.1 Å². The van der Waals surface area contributed by atoms with Gasteiger partial charge in [-0.3, -0.25) is 5.10 Å². The Hall–Kier alpha value is -2.38. The highest BCUT2D eigenvalue weighted by molar-refractivity contribution is 5.75. The molecule has 0 aliphatic carbocycles. The van der Waals surface area contributed by atoms with E-state index in [4.69, 9.17) is 0 Å². The molecule has 0 aromatic carbocycles. The van der Waals surface area contributed by atoms with Crippen LogP contribution < -0.4 is 5.32 Å². The van der Waals surface area contributed by atoms with Crippen LogP contribution in [0.25, 0.3) is 0 Å². The highest BCUT2D eigenvalue weighted by Crippen LogP contribution is 2.32. The van der Waals surface area contributed by atoms with Gasteiger partial charge in [0.25, 0.3) is 0 Å². The summed E-state index contributed by atoms with van der Waals surface area (Å²) in [6, 6.07) is -0.0997. The van der Waals surface area contributed by atoms with E-state index < -0.39 is 0 Å². The van der Waals surface area contributed by atoms with Crippen molar-refractivity contribution >= 4 is 6.03 Å². The number of hydrogen-bond donors (Lipinski definition) is 2. The van der Waals surface area contributed by atoms with E-state index in [1.165, 1.54) is 6.42 Å². The fraction of sp³-hybridized carbons (Fsp3) is 0.647. The topological polar surface area (TPSA) is 91.7 Å². The van der Waals surface area contributed by atoms with Gasteiger partial charge in [0.05, 0.1) is 18.3 Å². The Balaban J connectivity index is 1.53. The predicted molar refractivity (Wildman–Crippen MR) is 91.8 cm³/mol. The van der Waals surface area contributed by atoms with Gasteiger partial charge in [-0.15, -0.1) is 10.2 Å². The number of hydrogen-bond acceptors (Lipinski definition) is 4. The molecule has 4 heterocycles. The van der Waals surface area contributed by atoms with E-state index in [1.807, 2.05) is 18.0 Å². The number of carbonyl (C=O) groups excluding carboxylic acids is 1. The van der Waals surface area contributed by atoms with Crippen LogP contribution in [0.5, 0.6) is 0 Å². The van der Waals surface area contributed by atoms with E-state index in [2.05, 4.69) is 30.3 Å².